The van der Waals surface area contributed by atoms with E-state index >= 15 is 0 Å². The Hall–Kier alpha value is -3.59. The van der Waals surface area contributed by atoms with E-state index in [-0.39, 0.29) is 24.4 Å². The number of nitrogens with zero attached hydrogens (tertiary/aromatic N) is 2. The van der Waals surface area contributed by atoms with E-state index in [0.717, 1.165) is 11.3 Å². The highest BCUT2D eigenvalue weighted by Gasteiger charge is 2.41. The molecule has 1 aliphatic rings. The van der Waals surface area contributed by atoms with Crippen LogP contribution >= 0.6 is 35.4 Å². The molecule has 4 aromatic rings. The van der Waals surface area contributed by atoms with Gasteiger partial charge in [-0.1, -0.05) is 41.4 Å². The van der Waals surface area contributed by atoms with Crippen LogP contribution in [0.1, 0.15) is 30.0 Å². The van der Waals surface area contributed by atoms with Crippen LogP contribution in [0.4, 0.5) is 5.69 Å². The number of hydrogen-bond donors (Lipinski definition) is 2. The molecule has 7 nitrogen and oxygen atoms in total. The van der Waals surface area contributed by atoms with Gasteiger partial charge in [0.05, 0.1) is 29.6 Å². The fraction of sp³-hybridized carbons (Fsp3) is 0.179. The van der Waals surface area contributed by atoms with Crippen LogP contribution in [0.2, 0.25) is 10.0 Å². The molecule has 0 radical (unpaired) electrons. The zero-order chi connectivity index (χ0) is 26.6. The van der Waals surface area contributed by atoms with Crippen molar-refractivity contribution in [3.63, 3.8) is 0 Å². The SMILES string of the molecule is COc1ccccc1NC(=O)CCN1C(=S)NC(c2ccccn2)C1c1ccc(-c2ccc(Cl)cc2Cl)o1. The monoisotopic (exact) mass is 566 g/mol. The molecule has 0 spiro atoms. The molecule has 38 heavy (non-hydrogen) atoms. The first-order chi connectivity index (χ1) is 18.4. The van der Waals surface area contributed by atoms with Crippen molar-refractivity contribution in [3.05, 3.63) is 100 Å². The van der Waals surface area contributed by atoms with Crippen LogP contribution in [0, 0.1) is 0 Å². The van der Waals surface area contributed by atoms with Crippen LogP contribution in [0.3, 0.4) is 0 Å². The van der Waals surface area contributed by atoms with Crippen molar-refractivity contribution < 1.29 is 13.9 Å². The van der Waals surface area contributed by atoms with Gasteiger partial charge in [-0.3, -0.25) is 9.78 Å². The Kier molecular flexibility index (Phi) is 7.83. The molecule has 194 valence electrons. The topological polar surface area (TPSA) is 79.6 Å². The third kappa shape index (κ3) is 5.48. The summed E-state index contributed by atoms with van der Waals surface area (Å²) in [5.74, 6) is 1.70. The van der Waals surface area contributed by atoms with Crippen LogP contribution < -0.4 is 15.4 Å². The number of anilines is 1. The van der Waals surface area contributed by atoms with Gasteiger partial charge < -0.3 is 24.7 Å². The molecule has 1 aliphatic heterocycles. The standard InChI is InChI=1S/C28H24Cl2N4O3S/c1-36-23-8-3-2-6-20(23)32-25(35)13-15-34-27(26(33-28(34)38)21-7-4-5-14-31-21)24-12-11-22(37-24)18-10-9-17(29)16-19(18)30/h2-12,14,16,26-27H,13,15H2,1H3,(H,32,35)(H,33,38). The van der Waals surface area contributed by atoms with Gasteiger partial charge in [-0.25, -0.2) is 0 Å². The van der Waals surface area contributed by atoms with E-state index in [9.17, 15) is 4.79 Å². The Morgan fingerprint density at radius 2 is 1.95 bits per heavy atom. The zero-order valence-electron chi connectivity index (χ0n) is 20.4. The van der Waals surface area contributed by atoms with E-state index in [0.29, 0.717) is 44.7 Å². The summed E-state index contributed by atoms with van der Waals surface area (Å²) < 4.78 is 11.7. The van der Waals surface area contributed by atoms with Gasteiger partial charge in [0.15, 0.2) is 5.11 Å². The number of carbonyl (C=O) groups is 1. The van der Waals surface area contributed by atoms with Gasteiger partial charge in [0, 0.05) is 29.7 Å². The van der Waals surface area contributed by atoms with Gasteiger partial charge in [0.2, 0.25) is 5.91 Å². The summed E-state index contributed by atoms with van der Waals surface area (Å²) >= 11 is 18.2. The van der Waals surface area contributed by atoms with Crippen LogP contribution in [0.5, 0.6) is 5.75 Å². The summed E-state index contributed by atoms with van der Waals surface area (Å²) in [6.45, 7) is 0.360. The number of rotatable bonds is 8. The van der Waals surface area contributed by atoms with Crippen molar-refractivity contribution >= 4 is 52.1 Å². The Bertz CT molecular complexity index is 1460. The molecule has 0 saturated carbocycles. The minimum Gasteiger partial charge on any atom is -0.495 e. The number of furan rings is 1. The molecule has 10 heteroatoms. The van der Waals surface area contributed by atoms with Gasteiger partial charge in [0.1, 0.15) is 23.3 Å². The lowest BCUT2D eigenvalue weighted by Gasteiger charge is -2.26. The van der Waals surface area contributed by atoms with Crippen molar-refractivity contribution in [2.24, 2.45) is 0 Å². The molecule has 2 atom stereocenters. The Morgan fingerprint density at radius 3 is 2.71 bits per heavy atom. The summed E-state index contributed by atoms with van der Waals surface area (Å²) in [6.07, 6.45) is 1.93. The minimum absolute atomic E-state index is 0.162. The van der Waals surface area contributed by atoms with E-state index in [1.165, 1.54) is 0 Å². The Morgan fingerprint density at radius 1 is 1.13 bits per heavy atom. The molecule has 2 N–H and O–H groups in total. The first kappa shape index (κ1) is 26.0. The molecular weight excluding hydrogens is 543 g/mol. The average Bonchev–Trinajstić information content (AvgIpc) is 3.52. The number of pyridine rings is 1. The lowest BCUT2D eigenvalue weighted by Crippen LogP contribution is -2.32. The second-order valence-corrected chi connectivity index (χ2v) is 9.87. The van der Waals surface area contributed by atoms with E-state index in [4.69, 9.17) is 44.6 Å². The minimum atomic E-state index is -0.337. The molecule has 0 bridgehead atoms. The molecule has 3 heterocycles. The predicted molar refractivity (Wildman–Crippen MR) is 153 cm³/mol. The summed E-state index contributed by atoms with van der Waals surface area (Å²) in [7, 11) is 1.57. The highest BCUT2D eigenvalue weighted by atomic mass is 35.5. The van der Waals surface area contributed by atoms with Gasteiger partial charge in [-0.15, -0.1) is 0 Å². The number of halogens is 2. The smallest absolute Gasteiger partial charge is 0.226 e. The molecule has 1 amide bonds. The number of aromatic nitrogens is 1. The molecule has 2 unspecified atom stereocenters. The molecular formula is C28H24Cl2N4O3S. The second-order valence-electron chi connectivity index (χ2n) is 8.64. The number of nitrogens with one attached hydrogen (secondary N) is 2. The highest BCUT2D eigenvalue weighted by molar-refractivity contribution is 7.80. The maximum Gasteiger partial charge on any atom is 0.226 e. The fourth-order valence-corrected chi connectivity index (χ4v) is 5.32. The maximum absolute atomic E-state index is 12.9. The second kappa shape index (κ2) is 11.4. The summed E-state index contributed by atoms with van der Waals surface area (Å²) in [4.78, 5) is 19.4. The third-order valence-electron chi connectivity index (χ3n) is 6.27. The van der Waals surface area contributed by atoms with E-state index in [1.807, 2.05) is 53.4 Å². The number of thiocarbonyl (C=S) groups is 1. The van der Waals surface area contributed by atoms with Crippen molar-refractivity contribution in [1.82, 2.24) is 15.2 Å². The predicted octanol–water partition coefficient (Wildman–Crippen LogP) is 6.66. The van der Waals surface area contributed by atoms with Crippen LogP contribution in [0.25, 0.3) is 11.3 Å². The first-order valence-electron chi connectivity index (χ1n) is 11.9. The van der Waals surface area contributed by atoms with E-state index in [1.54, 1.807) is 37.6 Å². The van der Waals surface area contributed by atoms with Crippen LogP contribution in [0.15, 0.2) is 83.4 Å². The number of benzene rings is 2. The molecule has 5 rings (SSSR count). The Balaban J connectivity index is 1.41. The molecule has 1 saturated heterocycles. The molecule has 2 aromatic carbocycles. The van der Waals surface area contributed by atoms with E-state index < -0.39 is 0 Å². The number of hydrogen-bond acceptors (Lipinski definition) is 5. The van der Waals surface area contributed by atoms with Gasteiger partial charge in [-0.05, 0) is 66.8 Å². The number of methoxy groups -OCH3 is 1. The number of carbonyl (C=O) groups excluding carboxylic acids is 1. The van der Waals surface area contributed by atoms with Crippen LogP contribution in [-0.2, 0) is 4.79 Å². The summed E-state index contributed by atoms with van der Waals surface area (Å²) in [5.41, 5.74) is 2.15. The van der Waals surface area contributed by atoms with Gasteiger partial charge >= 0.3 is 0 Å². The third-order valence-corrected chi connectivity index (χ3v) is 7.17. The van der Waals surface area contributed by atoms with Gasteiger partial charge in [-0.2, -0.15) is 0 Å². The van der Waals surface area contributed by atoms with Crippen molar-refractivity contribution in [2.45, 2.75) is 18.5 Å². The fourth-order valence-electron chi connectivity index (χ4n) is 4.48. The lowest BCUT2D eigenvalue weighted by atomic mass is 10.0. The number of ether oxygens (including phenoxy) is 1. The number of amides is 1. The average molecular weight is 567 g/mol. The summed E-state index contributed by atoms with van der Waals surface area (Å²) in [6, 6.07) is 21.4. The Labute approximate surface area is 235 Å². The molecule has 0 aliphatic carbocycles. The summed E-state index contributed by atoms with van der Waals surface area (Å²) in [5, 5.41) is 7.83. The molecule has 2 aromatic heterocycles. The first-order valence-corrected chi connectivity index (χ1v) is 13.1. The molecule has 1 fully saturated rings. The zero-order valence-corrected chi connectivity index (χ0v) is 22.7. The normalized spacial score (nSPS) is 16.8. The van der Waals surface area contributed by atoms with Crippen molar-refractivity contribution in [2.75, 3.05) is 19.0 Å². The lowest BCUT2D eigenvalue weighted by molar-refractivity contribution is -0.116. The quantitative estimate of drug-likeness (QED) is 0.231. The largest absolute Gasteiger partial charge is 0.495 e. The maximum atomic E-state index is 12.9. The van der Waals surface area contributed by atoms with Crippen molar-refractivity contribution in [1.29, 1.82) is 0 Å². The van der Waals surface area contributed by atoms with Gasteiger partial charge in [0.25, 0.3) is 0 Å². The number of para-hydroxylation sites is 2. The van der Waals surface area contributed by atoms with Crippen molar-refractivity contribution in [3.8, 4) is 17.1 Å². The van der Waals surface area contributed by atoms with E-state index in [2.05, 4.69) is 15.6 Å². The van der Waals surface area contributed by atoms with Crippen LogP contribution in [-0.4, -0.2) is 34.6 Å². The highest BCUT2D eigenvalue weighted by Crippen LogP contribution is 2.41.